The van der Waals surface area contributed by atoms with Crippen LogP contribution in [0, 0.1) is 0 Å². The van der Waals surface area contributed by atoms with E-state index in [1.165, 1.54) is 0 Å². The quantitative estimate of drug-likeness (QED) is 0.784. The molecule has 122 valence electrons. The summed E-state index contributed by atoms with van der Waals surface area (Å²) in [7, 11) is -3.33. The molecule has 22 heavy (non-hydrogen) atoms. The van der Waals surface area contributed by atoms with E-state index in [2.05, 4.69) is 9.97 Å². The number of hydrogen-bond acceptors (Lipinski definition) is 6. The second-order valence-corrected chi connectivity index (χ2v) is 7.72. The summed E-state index contributed by atoms with van der Waals surface area (Å²) in [5, 5.41) is 0.287. The Morgan fingerprint density at radius 3 is 2.18 bits per heavy atom. The van der Waals surface area contributed by atoms with Crippen molar-refractivity contribution in [2.24, 2.45) is 0 Å². The molecule has 3 heterocycles. The van der Waals surface area contributed by atoms with E-state index in [0.717, 1.165) is 12.8 Å². The maximum absolute atomic E-state index is 12.5. The Bertz CT molecular complexity index is 621. The summed E-state index contributed by atoms with van der Waals surface area (Å²) in [6.07, 6.45) is 1.88. The highest BCUT2D eigenvalue weighted by Crippen LogP contribution is 2.22. The van der Waals surface area contributed by atoms with E-state index < -0.39 is 10.2 Å². The van der Waals surface area contributed by atoms with Crippen LogP contribution in [0.1, 0.15) is 12.8 Å². The van der Waals surface area contributed by atoms with E-state index in [9.17, 15) is 8.42 Å². The number of nitrogens with two attached hydrogens (primary N) is 1. The van der Waals surface area contributed by atoms with Gasteiger partial charge in [-0.05, 0) is 12.8 Å². The minimum Gasteiger partial charge on any atom is -0.368 e. The molecule has 0 atom stereocenters. The molecular formula is C12H19ClN6O2S. The molecule has 1 aromatic heterocycles. The number of piperazine rings is 1. The van der Waals surface area contributed by atoms with Crippen LogP contribution in [0.4, 0.5) is 11.8 Å². The predicted octanol–water partition coefficient (Wildman–Crippen LogP) is 0.175. The van der Waals surface area contributed by atoms with Gasteiger partial charge in [-0.2, -0.15) is 22.0 Å². The van der Waals surface area contributed by atoms with Crippen molar-refractivity contribution < 1.29 is 8.42 Å². The lowest BCUT2D eigenvalue weighted by atomic mass is 10.3. The molecule has 3 rings (SSSR count). The molecule has 2 fully saturated rings. The molecule has 0 bridgehead atoms. The minimum atomic E-state index is -3.33. The molecule has 1 aromatic rings. The fourth-order valence-electron chi connectivity index (χ4n) is 2.81. The molecule has 2 aliphatic rings. The van der Waals surface area contributed by atoms with Crippen molar-refractivity contribution in [3.8, 4) is 0 Å². The van der Waals surface area contributed by atoms with Crippen molar-refractivity contribution >= 4 is 33.6 Å². The first kappa shape index (κ1) is 15.7. The van der Waals surface area contributed by atoms with Gasteiger partial charge in [0, 0.05) is 45.3 Å². The average molecular weight is 347 g/mol. The van der Waals surface area contributed by atoms with Crippen molar-refractivity contribution in [1.82, 2.24) is 18.6 Å². The van der Waals surface area contributed by atoms with Crippen LogP contribution >= 0.6 is 11.6 Å². The van der Waals surface area contributed by atoms with E-state index in [4.69, 9.17) is 17.3 Å². The summed E-state index contributed by atoms with van der Waals surface area (Å²) in [6, 6.07) is 1.64. The molecule has 2 N–H and O–H groups in total. The van der Waals surface area contributed by atoms with Crippen molar-refractivity contribution in [1.29, 1.82) is 0 Å². The Morgan fingerprint density at radius 2 is 1.59 bits per heavy atom. The van der Waals surface area contributed by atoms with Crippen LogP contribution in [0.25, 0.3) is 0 Å². The molecule has 0 amide bonds. The van der Waals surface area contributed by atoms with Gasteiger partial charge < -0.3 is 10.6 Å². The number of halogens is 1. The molecule has 2 aliphatic heterocycles. The predicted molar refractivity (Wildman–Crippen MR) is 85.0 cm³/mol. The Labute approximate surface area is 135 Å². The molecule has 10 heteroatoms. The number of aromatic nitrogens is 2. The highest BCUT2D eigenvalue weighted by atomic mass is 35.5. The summed E-state index contributed by atoms with van der Waals surface area (Å²) in [5.74, 6) is 0.755. The molecule has 8 nitrogen and oxygen atoms in total. The zero-order valence-electron chi connectivity index (χ0n) is 12.2. The summed E-state index contributed by atoms with van der Waals surface area (Å²) < 4.78 is 28.1. The van der Waals surface area contributed by atoms with Crippen molar-refractivity contribution in [3.63, 3.8) is 0 Å². The number of anilines is 2. The van der Waals surface area contributed by atoms with Gasteiger partial charge in [0.2, 0.25) is 5.95 Å². The maximum atomic E-state index is 12.5. The third-order valence-corrected chi connectivity index (χ3v) is 6.21. The van der Waals surface area contributed by atoms with Crippen LogP contribution in [-0.2, 0) is 10.2 Å². The van der Waals surface area contributed by atoms with Crippen LogP contribution in [0.3, 0.4) is 0 Å². The Hall–Kier alpha value is -1.16. The number of nitrogens with zero attached hydrogens (tertiary/aromatic N) is 5. The number of rotatable bonds is 3. The minimum absolute atomic E-state index is 0.120. The molecular weight excluding hydrogens is 328 g/mol. The highest BCUT2D eigenvalue weighted by molar-refractivity contribution is 7.86. The van der Waals surface area contributed by atoms with Gasteiger partial charge in [0.05, 0.1) is 0 Å². The molecule has 0 radical (unpaired) electrons. The zero-order chi connectivity index (χ0) is 15.7. The van der Waals surface area contributed by atoms with E-state index >= 15 is 0 Å². The van der Waals surface area contributed by atoms with Gasteiger partial charge in [-0.1, -0.05) is 11.6 Å². The lowest BCUT2D eigenvalue weighted by Gasteiger charge is -2.36. The monoisotopic (exact) mass is 346 g/mol. The molecule has 0 spiro atoms. The summed E-state index contributed by atoms with van der Waals surface area (Å²) in [4.78, 5) is 9.95. The first-order valence-corrected chi connectivity index (χ1v) is 9.04. The van der Waals surface area contributed by atoms with Crippen LogP contribution < -0.4 is 10.6 Å². The lowest BCUT2D eigenvalue weighted by molar-refractivity contribution is 0.343. The van der Waals surface area contributed by atoms with Crippen LogP contribution in [0.5, 0.6) is 0 Å². The van der Waals surface area contributed by atoms with E-state index in [1.54, 1.807) is 14.7 Å². The average Bonchev–Trinajstić information content (AvgIpc) is 3.01. The van der Waals surface area contributed by atoms with E-state index in [0.29, 0.717) is 45.1 Å². The van der Waals surface area contributed by atoms with Crippen molar-refractivity contribution in [2.45, 2.75) is 12.8 Å². The summed E-state index contributed by atoms with van der Waals surface area (Å²) in [5.41, 5.74) is 5.60. The smallest absolute Gasteiger partial charge is 0.282 e. The largest absolute Gasteiger partial charge is 0.368 e. The van der Waals surface area contributed by atoms with Crippen LogP contribution in [0.15, 0.2) is 6.07 Å². The summed E-state index contributed by atoms with van der Waals surface area (Å²) >= 11 is 5.89. The molecule has 2 saturated heterocycles. The lowest BCUT2D eigenvalue weighted by Crippen LogP contribution is -2.52. The topological polar surface area (TPSA) is 95.7 Å². The third-order valence-electron chi connectivity index (χ3n) is 3.98. The van der Waals surface area contributed by atoms with Gasteiger partial charge in [-0.15, -0.1) is 0 Å². The second-order valence-electron chi connectivity index (χ2n) is 5.41. The molecule has 0 saturated carbocycles. The summed E-state index contributed by atoms with van der Waals surface area (Å²) in [6.45, 7) is 3.22. The zero-order valence-corrected chi connectivity index (χ0v) is 13.7. The number of nitrogen functional groups attached to an aromatic ring is 1. The second kappa shape index (κ2) is 6.15. The van der Waals surface area contributed by atoms with Gasteiger partial charge in [0.15, 0.2) is 0 Å². The molecule has 0 aliphatic carbocycles. The normalized spacial score (nSPS) is 21.4. The fourth-order valence-corrected chi connectivity index (χ4v) is 4.67. The SMILES string of the molecule is Nc1nc(Cl)cc(N2CCN(S(=O)(=O)N3CCCC3)CC2)n1. The first-order chi connectivity index (χ1) is 10.5. The van der Waals surface area contributed by atoms with Gasteiger partial charge in [-0.25, -0.2) is 4.98 Å². The first-order valence-electron chi connectivity index (χ1n) is 7.27. The van der Waals surface area contributed by atoms with Gasteiger partial charge >= 0.3 is 0 Å². The Morgan fingerprint density at radius 1 is 1.00 bits per heavy atom. The fraction of sp³-hybridized carbons (Fsp3) is 0.667. The van der Waals surface area contributed by atoms with Gasteiger partial charge in [-0.3, -0.25) is 0 Å². The van der Waals surface area contributed by atoms with Crippen molar-refractivity contribution in [2.75, 3.05) is 49.9 Å². The van der Waals surface area contributed by atoms with Gasteiger partial charge in [0.1, 0.15) is 11.0 Å². The molecule has 0 unspecified atom stereocenters. The molecule has 0 aromatic carbocycles. The van der Waals surface area contributed by atoms with Crippen molar-refractivity contribution in [3.05, 3.63) is 11.2 Å². The van der Waals surface area contributed by atoms with Gasteiger partial charge in [0.25, 0.3) is 10.2 Å². The van der Waals surface area contributed by atoms with E-state index in [-0.39, 0.29) is 11.1 Å². The Kier molecular flexibility index (Phi) is 4.40. The third kappa shape index (κ3) is 3.12. The van der Waals surface area contributed by atoms with Crippen LogP contribution in [-0.4, -0.2) is 66.3 Å². The highest BCUT2D eigenvalue weighted by Gasteiger charge is 2.34. The Balaban J connectivity index is 1.67. The van der Waals surface area contributed by atoms with Crippen LogP contribution in [0.2, 0.25) is 5.15 Å². The number of hydrogen-bond donors (Lipinski definition) is 1. The maximum Gasteiger partial charge on any atom is 0.282 e. The van der Waals surface area contributed by atoms with E-state index in [1.807, 2.05) is 4.90 Å². The standard InChI is InChI=1S/C12H19ClN6O2S/c13-10-9-11(16-12(14)15-10)17-5-7-19(8-6-17)22(20,21)18-3-1-2-4-18/h9H,1-8H2,(H2,14,15,16).